The maximum Gasteiger partial charge on any atom is 0.326 e. The molecule has 3 aliphatic rings. The molecular weight excluding hydrogens is 438 g/mol. The molecule has 0 spiro atoms. The Hall–Kier alpha value is -3.28. The third kappa shape index (κ3) is 3.64. The predicted molar refractivity (Wildman–Crippen MR) is 111 cm³/mol. The fourth-order valence-electron chi connectivity index (χ4n) is 4.18. The van der Waals surface area contributed by atoms with Gasteiger partial charge in [0.05, 0.1) is 12.0 Å². The van der Waals surface area contributed by atoms with Crippen LogP contribution in [-0.2, 0) is 14.4 Å². The number of fused-ring (bicyclic) bond motifs is 1. The topological polar surface area (TPSA) is 151 Å². The lowest BCUT2D eigenvalue weighted by Crippen LogP contribution is -2.72. The van der Waals surface area contributed by atoms with E-state index in [2.05, 4.69) is 16.0 Å². The Balaban J connectivity index is 1.51. The number of carboxylic acids is 1. The van der Waals surface area contributed by atoms with Crippen LogP contribution >= 0.6 is 11.8 Å². The van der Waals surface area contributed by atoms with Crippen molar-refractivity contribution in [2.75, 3.05) is 13.1 Å². The van der Waals surface area contributed by atoms with Crippen LogP contribution in [-0.4, -0.2) is 74.9 Å². The highest BCUT2D eigenvalue weighted by atomic mass is 32.2. The summed E-state index contributed by atoms with van der Waals surface area (Å²) in [5.41, 5.74) is 0.466. The average molecular weight is 460 g/mol. The van der Waals surface area contributed by atoms with Crippen LogP contribution in [0.25, 0.3) is 0 Å². The van der Waals surface area contributed by atoms with E-state index in [4.69, 9.17) is 0 Å². The number of carboxylic acid groups (broad SMARTS) is 1. The predicted octanol–water partition coefficient (Wildman–Crippen LogP) is -1.24. The molecule has 3 heterocycles. The zero-order valence-corrected chi connectivity index (χ0v) is 18.2. The summed E-state index contributed by atoms with van der Waals surface area (Å²) in [6.07, 6.45) is 0. The maximum absolute atomic E-state index is 13.1. The van der Waals surface area contributed by atoms with Crippen LogP contribution < -0.4 is 21.1 Å². The summed E-state index contributed by atoms with van der Waals surface area (Å²) < 4.78 is -0.783. The van der Waals surface area contributed by atoms with Crippen LogP contribution in [0.1, 0.15) is 25.5 Å². The molecule has 0 aromatic heterocycles. The molecule has 11 nitrogen and oxygen atoms in total. The number of carbonyl (C=O) groups is 5. The minimum atomic E-state index is -1.35. The largest absolute Gasteiger partial charge is 0.548 e. The molecule has 4 rings (SSSR count). The van der Waals surface area contributed by atoms with Gasteiger partial charge in [-0.15, -0.1) is 11.8 Å². The molecule has 3 aliphatic heterocycles. The van der Waals surface area contributed by atoms with Crippen LogP contribution in [0.5, 0.6) is 0 Å². The second-order valence-corrected chi connectivity index (χ2v) is 10.0. The van der Waals surface area contributed by atoms with Crippen molar-refractivity contribution in [1.82, 2.24) is 25.8 Å². The highest BCUT2D eigenvalue weighted by molar-refractivity contribution is 8.01. The number of aliphatic carboxylic acids is 1. The van der Waals surface area contributed by atoms with Crippen LogP contribution in [0.4, 0.5) is 9.59 Å². The Morgan fingerprint density at radius 2 is 1.91 bits per heavy atom. The molecule has 0 saturated carbocycles. The lowest BCUT2D eigenvalue weighted by atomic mass is 9.95. The first-order valence-corrected chi connectivity index (χ1v) is 10.9. The molecule has 3 unspecified atom stereocenters. The fraction of sp³-hybridized carbons (Fsp3) is 0.450. The van der Waals surface area contributed by atoms with E-state index in [0.29, 0.717) is 12.1 Å². The van der Waals surface area contributed by atoms with E-state index >= 15 is 0 Å². The van der Waals surface area contributed by atoms with Gasteiger partial charge in [0.1, 0.15) is 17.5 Å². The van der Waals surface area contributed by atoms with Crippen molar-refractivity contribution in [1.29, 1.82) is 0 Å². The van der Waals surface area contributed by atoms with Crippen LogP contribution in [0, 0.1) is 0 Å². The Labute approximate surface area is 187 Å². The number of nitrogens with zero attached hydrogens (tertiary/aromatic N) is 2. The molecule has 0 aliphatic carbocycles. The van der Waals surface area contributed by atoms with Gasteiger partial charge in [-0.2, -0.15) is 0 Å². The molecule has 3 N–H and O–H groups in total. The van der Waals surface area contributed by atoms with Crippen LogP contribution in [0.3, 0.4) is 0 Å². The van der Waals surface area contributed by atoms with Gasteiger partial charge in [0.2, 0.25) is 11.8 Å². The van der Waals surface area contributed by atoms with E-state index in [1.807, 2.05) is 0 Å². The van der Waals surface area contributed by atoms with Crippen LogP contribution in [0.15, 0.2) is 30.3 Å². The van der Waals surface area contributed by atoms with E-state index in [9.17, 15) is 29.1 Å². The summed E-state index contributed by atoms with van der Waals surface area (Å²) in [5, 5.41) is 18.7. The van der Waals surface area contributed by atoms with Gasteiger partial charge in [-0.1, -0.05) is 30.3 Å². The minimum absolute atomic E-state index is 0.169. The Kier molecular flexibility index (Phi) is 5.49. The number of nitrogens with one attached hydrogen (secondary N) is 3. The number of imide groups is 1. The van der Waals surface area contributed by atoms with E-state index in [0.717, 1.165) is 4.90 Å². The zero-order valence-electron chi connectivity index (χ0n) is 17.4. The lowest BCUT2D eigenvalue weighted by molar-refractivity contribution is -0.312. The van der Waals surface area contributed by atoms with Crippen molar-refractivity contribution >= 4 is 41.6 Å². The Morgan fingerprint density at radius 3 is 2.50 bits per heavy atom. The summed E-state index contributed by atoms with van der Waals surface area (Å²) in [5.74, 6) is -2.51. The van der Waals surface area contributed by atoms with E-state index in [1.54, 1.807) is 44.2 Å². The van der Waals surface area contributed by atoms with Gasteiger partial charge in [-0.25, -0.2) is 14.5 Å². The Bertz CT molecular complexity index is 986. The number of urea groups is 2. The molecular formula is C20H22N5O6S-. The van der Waals surface area contributed by atoms with Gasteiger partial charge in [0, 0.05) is 17.8 Å². The van der Waals surface area contributed by atoms with E-state index in [-0.39, 0.29) is 6.54 Å². The van der Waals surface area contributed by atoms with Crippen molar-refractivity contribution in [2.45, 2.75) is 42.1 Å². The Morgan fingerprint density at radius 1 is 1.22 bits per heavy atom. The molecule has 0 radical (unpaired) electrons. The van der Waals surface area contributed by atoms with Gasteiger partial charge < -0.3 is 30.8 Å². The molecule has 12 heteroatoms. The van der Waals surface area contributed by atoms with E-state index < -0.39 is 58.1 Å². The van der Waals surface area contributed by atoms with E-state index in [1.165, 1.54) is 16.7 Å². The number of β-lactam (4-membered cyclic amide) rings is 1. The van der Waals surface area contributed by atoms with Gasteiger partial charge in [0.15, 0.2) is 0 Å². The zero-order chi connectivity index (χ0) is 23.2. The molecule has 3 fully saturated rings. The van der Waals surface area contributed by atoms with Gasteiger partial charge in [0.25, 0.3) is 0 Å². The van der Waals surface area contributed by atoms with Crippen molar-refractivity contribution in [3.05, 3.63) is 35.9 Å². The number of carbonyl (C=O) groups excluding carboxylic acids is 5. The standard InChI is InChI=1S/C20H23N5O6S/c1-20(2)13(17(28)29)25-15(27)12(16(25)32-20)22-14(26)11(10-6-4-3-5-7-10)23-19(31)24-9-8-21-18(24)30/h3-7,11-13,16H,8-9H2,1-2H3,(H,21,30)(H,22,26)(H,23,31)(H,28,29)/p-1/t11-,12?,13?,16?/m1/s1. The van der Waals surface area contributed by atoms with Gasteiger partial charge in [-0.05, 0) is 19.4 Å². The van der Waals surface area contributed by atoms with Gasteiger partial charge >= 0.3 is 12.1 Å². The molecule has 4 atom stereocenters. The number of benzene rings is 1. The fourth-order valence-corrected chi connectivity index (χ4v) is 5.80. The minimum Gasteiger partial charge on any atom is -0.548 e. The maximum atomic E-state index is 13.1. The van der Waals surface area contributed by atoms with Crippen molar-refractivity contribution < 1.29 is 29.1 Å². The molecule has 6 amide bonds. The summed E-state index contributed by atoms with van der Waals surface area (Å²) in [4.78, 5) is 63.9. The molecule has 1 aromatic carbocycles. The average Bonchev–Trinajstić information content (AvgIpc) is 3.29. The van der Waals surface area contributed by atoms with Crippen molar-refractivity contribution in [2.24, 2.45) is 0 Å². The molecule has 0 bridgehead atoms. The summed E-state index contributed by atoms with van der Waals surface area (Å²) in [6, 6.07) is 3.93. The van der Waals surface area contributed by atoms with Crippen molar-refractivity contribution in [3.8, 4) is 0 Å². The van der Waals surface area contributed by atoms with Gasteiger partial charge in [-0.3, -0.25) is 9.59 Å². The monoisotopic (exact) mass is 460 g/mol. The molecule has 3 saturated heterocycles. The number of rotatable bonds is 5. The van der Waals surface area contributed by atoms with Crippen LogP contribution in [0.2, 0.25) is 0 Å². The third-order valence-corrected chi connectivity index (χ3v) is 7.30. The second-order valence-electron chi connectivity index (χ2n) is 8.24. The summed E-state index contributed by atoms with van der Waals surface area (Å²) in [7, 11) is 0. The quantitative estimate of drug-likeness (QED) is 0.465. The number of amides is 6. The number of hydrogen-bond donors (Lipinski definition) is 3. The number of hydrogen-bond acceptors (Lipinski definition) is 7. The highest BCUT2D eigenvalue weighted by Gasteiger charge is 2.62. The second kappa shape index (κ2) is 8.01. The first kappa shape index (κ1) is 21.9. The molecule has 1 aromatic rings. The molecule has 32 heavy (non-hydrogen) atoms. The third-order valence-electron chi connectivity index (χ3n) is 5.73. The summed E-state index contributed by atoms with van der Waals surface area (Å²) >= 11 is 1.27. The van der Waals surface area contributed by atoms with Crippen molar-refractivity contribution in [3.63, 3.8) is 0 Å². The highest BCUT2D eigenvalue weighted by Crippen LogP contribution is 2.50. The first-order valence-electron chi connectivity index (χ1n) is 10.0. The normalized spacial score (nSPS) is 26.6. The summed E-state index contributed by atoms with van der Waals surface area (Å²) in [6.45, 7) is 3.89. The first-order chi connectivity index (χ1) is 15.1. The smallest absolute Gasteiger partial charge is 0.326 e. The SMILES string of the molecule is CC1(C)SC2C(NC(=O)[C@H](NC(=O)N3CCNC3=O)c3ccccc3)C(=O)N2C1C(=O)[O-]. The lowest BCUT2D eigenvalue weighted by Gasteiger charge is -2.45. The molecule has 170 valence electrons. The number of thioether (sulfide) groups is 1.